The topological polar surface area (TPSA) is 81.5 Å². The normalized spacial score (nSPS) is 17.3. The number of nitrogens with zero attached hydrogens (tertiary/aromatic N) is 3. The number of carbonyl (C=O) groups excluding carboxylic acids is 1. The number of amides is 1. The summed E-state index contributed by atoms with van der Waals surface area (Å²) in [5, 5.41) is 8.80. The van der Waals surface area contributed by atoms with Gasteiger partial charge >= 0.3 is 0 Å². The predicted molar refractivity (Wildman–Crippen MR) is 67.6 cm³/mol. The average Bonchev–Trinajstić information content (AvgIpc) is 2.41. The van der Waals surface area contributed by atoms with Gasteiger partial charge in [-0.05, 0) is 18.2 Å². The van der Waals surface area contributed by atoms with Gasteiger partial charge in [-0.2, -0.15) is 9.57 Å². The Morgan fingerprint density at radius 1 is 1.32 bits per heavy atom. The summed E-state index contributed by atoms with van der Waals surface area (Å²) in [4.78, 5) is 13.1. The molecule has 0 radical (unpaired) electrons. The summed E-state index contributed by atoms with van der Waals surface area (Å²) in [6.07, 6.45) is 0. The molecular formula is C12H13N3O3S. The number of benzene rings is 1. The minimum Gasteiger partial charge on any atom is -0.343 e. The molecule has 0 saturated carbocycles. The van der Waals surface area contributed by atoms with Gasteiger partial charge < -0.3 is 4.90 Å². The van der Waals surface area contributed by atoms with Gasteiger partial charge in [-0.25, -0.2) is 8.42 Å². The Balaban J connectivity index is 2.32. The van der Waals surface area contributed by atoms with Crippen LogP contribution in [0.15, 0.2) is 29.2 Å². The van der Waals surface area contributed by atoms with Gasteiger partial charge in [0.05, 0.1) is 23.1 Å². The molecule has 19 heavy (non-hydrogen) atoms. The summed E-state index contributed by atoms with van der Waals surface area (Å²) in [6, 6.07) is 7.70. The molecule has 0 N–H and O–H groups in total. The molecule has 0 spiro atoms. The molecular weight excluding hydrogens is 266 g/mol. The van der Waals surface area contributed by atoms with E-state index in [9.17, 15) is 13.2 Å². The molecule has 0 atom stereocenters. The van der Waals surface area contributed by atoms with Crippen molar-refractivity contribution >= 4 is 15.9 Å². The van der Waals surface area contributed by atoms with E-state index in [1.165, 1.54) is 29.2 Å². The van der Waals surface area contributed by atoms with Gasteiger partial charge in [0.25, 0.3) is 0 Å². The first-order valence-electron chi connectivity index (χ1n) is 5.69. The Hall–Kier alpha value is -1.91. The summed E-state index contributed by atoms with van der Waals surface area (Å²) in [5.41, 5.74) is 0.279. The molecule has 0 unspecified atom stereocenters. The monoisotopic (exact) mass is 279 g/mol. The summed E-state index contributed by atoms with van der Waals surface area (Å²) in [6.45, 7) is 0.479. The molecule has 1 saturated heterocycles. The van der Waals surface area contributed by atoms with Crippen molar-refractivity contribution in [3.8, 4) is 6.07 Å². The van der Waals surface area contributed by atoms with Crippen molar-refractivity contribution in [1.82, 2.24) is 9.21 Å². The molecule has 1 aliphatic rings. The summed E-state index contributed by atoms with van der Waals surface area (Å²) in [5.74, 6) is -0.230. The third kappa shape index (κ3) is 2.59. The largest absolute Gasteiger partial charge is 0.343 e. The molecule has 1 aromatic carbocycles. The second kappa shape index (κ2) is 4.99. The first kappa shape index (κ1) is 13.5. The number of nitriles is 1. The van der Waals surface area contributed by atoms with E-state index in [0.717, 1.165) is 4.31 Å². The molecule has 2 rings (SSSR count). The van der Waals surface area contributed by atoms with E-state index in [0.29, 0.717) is 6.54 Å². The lowest BCUT2D eigenvalue weighted by atomic mass is 10.2. The highest BCUT2D eigenvalue weighted by Crippen LogP contribution is 2.18. The molecule has 0 aromatic heterocycles. The van der Waals surface area contributed by atoms with Gasteiger partial charge in [0.1, 0.15) is 0 Å². The number of sulfonamides is 1. The quantitative estimate of drug-likeness (QED) is 0.764. The highest BCUT2D eigenvalue weighted by Gasteiger charge is 2.31. The Kier molecular flexibility index (Phi) is 3.55. The molecule has 0 aliphatic carbocycles. The van der Waals surface area contributed by atoms with Crippen LogP contribution >= 0.6 is 0 Å². The minimum atomic E-state index is -3.72. The average molecular weight is 279 g/mol. The van der Waals surface area contributed by atoms with Gasteiger partial charge in [-0.1, -0.05) is 6.07 Å². The SMILES string of the molecule is CN1CCN(S(=O)(=O)c2cccc(C#N)c2)CC1=O. The molecule has 0 bridgehead atoms. The number of hydrogen-bond donors (Lipinski definition) is 0. The van der Waals surface area contributed by atoms with E-state index >= 15 is 0 Å². The fourth-order valence-corrected chi connectivity index (χ4v) is 3.24. The second-order valence-electron chi connectivity index (χ2n) is 4.29. The number of hydrogen-bond acceptors (Lipinski definition) is 4. The van der Waals surface area contributed by atoms with Crippen LogP contribution in [0.1, 0.15) is 5.56 Å². The molecule has 1 fully saturated rings. The first-order valence-corrected chi connectivity index (χ1v) is 7.13. The third-order valence-electron chi connectivity index (χ3n) is 3.02. The second-order valence-corrected chi connectivity index (χ2v) is 6.23. The standard InChI is InChI=1S/C12H13N3O3S/c1-14-5-6-15(9-12(14)16)19(17,18)11-4-2-3-10(7-11)8-13/h2-4,7H,5-6,9H2,1H3. The smallest absolute Gasteiger partial charge is 0.243 e. The number of carbonyl (C=O) groups is 1. The zero-order valence-corrected chi connectivity index (χ0v) is 11.2. The van der Waals surface area contributed by atoms with Gasteiger partial charge in [0.15, 0.2) is 0 Å². The molecule has 1 heterocycles. The van der Waals surface area contributed by atoms with E-state index in [1.807, 2.05) is 6.07 Å². The van der Waals surface area contributed by atoms with Crippen molar-refractivity contribution in [2.24, 2.45) is 0 Å². The third-order valence-corrected chi connectivity index (χ3v) is 4.86. The van der Waals surface area contributed by atoms with Crippen molar-refractivity contribution in [3.63, 3.8) is 0 Å². The van der Waals surface area contributed by atoms with Gasteiger partial charge in [0.2, 0.25) is 15.9 Å². The Labute approximate surface area is 111 Å². The molecule has 1 aliphatic heterocycles. The van der Waals surface area contributed by atoms with Crippen LogP contribution in [0.4, 0.5) is 0 Å². The number of rotatable bonds is 2. The highest BCUT2D eigenvalue weighted by atomic mass is 32.2. The fourth-order valence-electron chi connectivity index (χ4n) is 1.82. The molecule has 1 aromatic rings. The first-order chi connectivity index (χ1) is 8.95. The van der Waals surface area contributed by atoms with Gasteiger partial charge in [0, 0.05) is 20.1 Å². The summed E-state index contributed by atoms with van der Waals surface area (Å²) in [7, 11) is -2.07. The van der Waals surface area contributed by atoms with Crippen molar-refractivity contribution < 1.29 is 13.2 Å². The van der Waals surface area contributed by atoms with Crippen LogP contribution < -0.4 is 0 Å². The highest BCUT2D eigenvalue weighted by molar-refractivity contribution is 7.89. The molecule has 1 amide bonds. The molecule has 7 heteroatoms. The van der Waals surface area contributed by atoms with Crippen LogP contribution in [0.2, 0.25) is 0 Å². The number of piperazine rings is 1. The predicted octanol–water partition coefficient (Wildman–Crippen LogP) is 0.0210. The molecule has 100 valence electrons. The Bertz CT molecular complexity index is 648. The van der Waals surface area contributed by atoms with Crippen molar-refractivity contribution in [1.29, 1.82) is 5.26 Å². The lowest BCUT2D eigenvalue weighted by Gasteiger charge is -2.31. The van der Waals surface area contributed by atoms with Crippen molar-refractivity contribution in [2.45, 2.75) is 4.90 Å². The van der Waals surface area contributed by atoms with Gasteiger partial charge in [-0.3, -0.25) is 4.79 Å². The van der Waals surface area contributed by atoms with Crippen molar-refractivity contribution in [3.05, 3.63) is 29.8 Å². The van der Waals surface area contributed by atoms with Gasteiger partial charge in [-0.15, -0.1) is 0 Å². The maximum Gasteiger partial charge on any atom is 0.243 e. The summed E-state index contributed by atoms with van der Waals surface area (Å²) < 4.78 is 25.9. The Morgan fingerprint density at radius 3 is 2.68 bits per heavy atom. The zero-order valence-electron chi connectivity index (χ0n) is 10.4. The minimum absolute atomic E-state index is 0.0453. The van der Waals surface area contributed by atoms with Crippen LogP contribution in [0.5, 0.6) is 0 Å². The van der Waals surface area contributed by atoms with E-state index < -0.39 is 10.0 Å². The maximum atomic E-state index is 12.4. The van der Waals surface area contributed by atoms with Crippen LogP contribution in [-0.4, -0.2) is 50.2 Å². The van der Waals surface area contributed by atoms with Crippen LogP contribution in [0.25, 0.3) is 0 Å². The van der Waals surface area contributed by atoms with Crippen LogP contribution in [0.3, 0.4) is 0 Å². The fraction of sp³-hybridized carbons (Fsp3) is 0.333. The lowest BCUT2D eigenvalue weighted by Crippen LogP contribution is -2.50. The number of likely N-dealkylation sites (N-methyl/N-ethyl adjacent to an activating group) is 1. The van der Waals surface area contributed by atoms with E-state index in [-0.39, 0.29) is 29.5 Å². The van der Waals surface area contributed by atoms with E-state index in [4.69, 9.17) is 5.26 Å². The van der Waals surface area contributed by atoms with Crippen LogP contribution in [0, 0.1) is 11.3 Å². The zero-order chi connectivity index (χ0) is 14.0. The van der Waals surface area contributed by atoms with Crippen LogP contribution in [-0.2, 0) is 14.8 Å². The van der Waals surface area contributed by atoms with E-state index in [1.54, 1.807) is 7.05 Å². The van der Waals surface area contributed by atoms with E-state index in [2.05, 4.69) is 0 Å². The maximum absolute atomic E-state index is 12.4. The Morgan fingerprint density at radius 2 is 2.05 bits per heavy atom. The summed E-state index contributed by atoms with van der Waals surface area (Å²) >= 11 is 0. The van der Waals surface area contributed by atoms with Crippen molar-refractivity contribution in [2.75, 3.05) is 26.7 Å². The molecule has 6 nitrogen and oxygen atoms in total. The lowest BCUT2D eigenvalue weighted by molar-refractivity contribution is -0.132.